The lowest BCUT2D eigenvalue weighted by Crippen LogP contribution is -1.79. The van der Waals surface area contributed by atoms with Crippen molar-refractivity contribution < 1.29 is 8.78 Å². The van der Waals surface area contributed by atoms with Crippen LogP contribution in [-0.2, 0) is 0 Å². The van der Waals surface area contributed by atoms with Gasteiger partial charge < -0.3 is 0 Å². The first-order valence-electron chi connectivity index (χ1n) is 2.45. The molecule has 0 fully saturated rings. The Morgan fingerprint density at radius 2 is 2.11 bits per heavy atom. The van der Waals surface area contributed by atoms with Gasteiger partial charge in [-0.15, -0.1) is 0 Å². The molecule has 0 bridgehead atoms. The predicted octanol–water partition coefficient (Wildman–Crippen LogP) is 3.24. The van der Waals surface area contributed by atoms with Crippen molar-refractivity contribution in [1.29, 1.82) is 0 Å². The van der Waals surface area contributed by atoms with E-state index in [0.717, 1.165) is 5.75 Å². The van der Waals surface area contributed by atoms with E-state index in [0.29, 0.717) is 5.75 Å². The summed E-state index contributed by atoms with van der Waals surface area (Å²) in [4.78, 5) is 0. The Bertz CT molecular complexity index is 110. The molecular formula is C5H7BrF2S. The highest BCUT2D eigenvalue weighted by molar-refractivity contribution is 9.11. The summed E-state index contributed by atoms with van der Waals surface area (Å²) in [5.41, 5.74) is 0. The minimum atomic E-state index is -1.61. The second kappa shape index (κ2) is 5.23. The molecule has 0 aliphatic carbocycles. The Balaban J connectivity index is 3.50. The van der Waals surface area contributed by atoms with Crippen LogP contribution in [-0.4, -0.2) is 11.5 Å². The van der Waals surface area contributed by atoms with E-state index in [4.69, 9.17) is 0 Å². The van der Waals surface area contributed by atoms with Crippen molar-refractivity contribution in [3.63, 3.8) is 0 Å². The van der Waals surface area contributed by atoms with E-state index in [1.807, 2.05) is 6.92 Å². The lowest BCUT2D eigenvalue weighted by molar-refractivity contribution is 0.419. The molecule has 0 aliphatic rings. The first-order chi connectivity index (χ1) is 4.18. The van der Waals surface area contributed by atoms with Crippen LogP contribution >= 0.6 is 27.7 Å². The summed E-state index contributed by atoms with van der Waals surface area (Å²) >= 11 is 4.21. The molecule has 4 heteroatoms. The average molecular weight is 217 g/mol. The SMILES string of the molecule is CCSCC(Br)=C(F)F. The van der Waals surface area contributed by atoms with Crippen LogP contribution in [0.1, 0.15) is 6.92 Å². The molecule has 0 atom stereocenters. The Morgan fingerprint density at radius 3 is 2.44 bits per heavy atom. The van der Waals surface area contributed by atoms with Crippen molar-refractivity contribution in [2.45, 2.75) is 6.92 Å². The molecule has 0 N–H and O–H groups in total. The summed E-state index contributed by atoms with van der Waals surface area (Å²) in [5.74, 6) is 1.24. The van der Waals surface area contributed by atoms with E-state index in [1.54, 1.807) is 0 Å². The van der Waals surface area contributed by atoms with Crippen molar-refractivity contribution in [2.75, 3.05) is 11.5 Å². The zero-order chi connectivity index (χ0) is 7.28. The van der Waals surface area contributed by atoms with Gasteiger partial charge in [-0.1, -0.05) is 6.92 Å². The quantitative estimate of drug-likeness (QED) is 0.699. The minimum absolute atomic E-state index is 0.00866. The first kappa shape index (κ1) is 9.43. The zero-order valence-corrected chi connectivity index (χ0v) is 7.36. The smallest absolute Gasteiger partial charge is 0.172 e. The van der Waals surface area contributed by atoms with Gasteiger partial charge in [0.2, 0.25) is 0 Å². The molecule has 0 aromatic carbocycles. The largest absolute Gasteiger partial charge is 0.281 e. The monoisotopic (exact) mass is 216 g/mol. The molecule has 0 aliphatic heterocycles. The van der Waals surface area contributed by atoms with E-state index >= 15 is 0 Å². The fourth-order valence-electron chi connectivity index (χ4n) is 0.246. The van der Waals surface area contributed by atoms with Crippen molar-refractivity contribution >= 4 is 27.7 Å². The summed E-state index contributed by atoms with van der Waals surface area (Å²) in [6.07, 6.45) is -1.61. The second-order valence-electron chi connectivity index (χ2n) is 1.30. The van der Waals surface area contributed by atoms with Crippen LogP contribution in [0.15, 0.2) is 10.6 Å². The molecule has 0 radical (unpaired) electrons. The van der Waals surface area contributed by atoms with Crippen molar-refractivity contribution in [3.8, 4) is 0 Å². The average Bonchev–Trinajstić information content (AvgIpc) is 1.82. The summed E-state index contributed by atoms with van der Waals surface area (Å²) in [6, 6.07) is 0. The van der Waals surface area contributed by atoms with Crippen LogP contribution in [0, 0.1) is 0 Å². The number of rotatable bonds is 3. The van der Waals surface area contributed by atoms with Gasteiger partial charge in [0.15, 0.2) is 0 Å². The van der Waals surface area contributed by atoms with Crippen LogP contribution in [0.3, 0.4) is 0 Å². The molecule has 0 heterocycles. The van der Waals surface area contributed by atoms with Crippen LogP contribution < -0.4 is 0 Å². The van der Waals surface area contributed by atoms with Crippen molar-refractivity contribution in [3.05, 3.63) is 10.6 Å². The van der Waals surface area contributed by atoms with Gasteiger partial charge in [-0.25, -0.2) is 0 Å². The summed E-state index contributed by atoms with van der Waals surface area (Å²) < 4.78 is 23.2. The van der Waals surface area contributed by atoms with E-state index in [-0.39, 0.29) is 4.48 Å². The minimum Gasteiger partial charge on any atom is -0.172 e. The number of hydrogen-bond donors (Lipinski definition) is 0. The van der Waals surface area contributed by atoms with Gasteiger partial charge in [-0.3, -0.25) is 0 Å². The van der Waals surface area contributed by atoms with E-state index < -0.39 is 6.08 Å². The molecule has 9 heavy (non-hydrogen) atoms. The van der Waals surface area contributed by atoms with Crippen LogP contribution in [0.5, 0.6) is 0 Å². The fraction of sp³-hybridized carbons (Fsp3) is 0.600. The highest BCUT2D eigenvalue weighted by atomic mass is 79.9. The maximum atomic E-state index is 11.6. The van der Waals surface area contributed by atoms with Gasteiger partial charge in [-0.05, 0) is 21.7 Å². The highest BCUT2D eigenvalue weighted by Gasteiger charge is 1.99. The first-order valence-corrected chi connectivity index (χ1v) is 4.40. The predicted molar refractivity (Wildman–Crippen MR) is 41.2 cm³/mol. The molecule has 0 nitrogen and oxygen atoms in total. The normalized spacial score (nSPS) is 9.33. The molecule has 0 rings (SSSR count). The van der Waals surface area contributed by atoms with Gasteiger partial charge in [0.1, 0.15) is 0 Å². The van der Waals surface area contributed by atoms with Crippen LogP contribution in [0.4, 0.5) is 8.78 Å². The third kappa shape index (κ3) is 4.90. The van der Waals surface area contributed by atoms with Gasteiger partial charge in [-0.2, -0.15) is 20.5 Å². The summed E-state index contributed by atoms with van der Waals surface area (Å²) in [6.45, 7) is 1.93. The molecule has 54 valence electrons. The van der Waals surface area contributed by atoms with Gasteiger partial charge in [0.05, 0.1) is 4.48 Å². The topological polar surface area (TPSA) is 0 Å². The molecule has 0 spiro atoms. The second-order valence-corrected chi connectivity index (χ2v) is 3.53. The maximum absolute atomic E-state index is 11.6. The van der Waals surface area contributed by atoms with E-state index in [2.05, 4.69) is 15.9 Å². The summed E-state index contributed by atoms with van der Waals surface area (Å²) in [5, 5.41) is 0. The van der Waals surface area contributed by atoms with Crippen molar-refractivity contribution in [1.82, 2.24) is 0 Å². The number of thioether (sulfide) groups is 1. The molecule has 0 unspecified atom stereocenters. The Morgan fingerprint density at radius 1 is 1.56 bits per heavy atom. The third-order valence-electron chi connectivity index (χ3n) is 0.638. The van der Waals surface area contributed by atoms with Gasteiger partial charge in [0.25, 0.3) is 6.08 Å². The van der Waals surface area contributed by atoms with Gasteiger partial charge >= 0.3 is 0 Å². The fourth-order valence-corrected chi connectivity index (χ4v) is 1.22. The zero-order valence-electron chi connectivity index (χ0n) is 4.96. The molecule has 0 aromatic heterocycles. The van der Waals surface area contributed by atoms with E-state index in [1.165, 1.54) is 11.8 Å². The highest BCUT2D eigenvalue weighted by Crippen LogP contribution is 2.19. The number of halogens is 3. The lowest BCUT2D eigenvalue weighted by atomic mass is 10.7. The molecule has 0 saturated carbocycles. The van der Waals surface area contributed by atoms with Crippen molar-refractivity contribution in [2.24, 2.45) is 0 Å². The lowest BCUT2D eigenvalue weighted by Gasteiger charge is -1.93. The molecule has 0 amide bonds. The Hall–Kier alpha value is 0.430. The molecular weight excluding hydrogens is 210 g/mol. The standard InChI is InChI=1S/C5H7BrF2S/c1-2-9-3-4(6)5(7)8/h2-3H2,1H3. The molecule has 0 saturated heterocycles. The number of hydrogen-bond acceptors (Lipinski definition) is 1. The van der Waals surface area contributed by atoms with E-state index in [9.17, 15) is 8.78 Å². The van der Waals surface area contributed by atoms with Crippen LogP contribution in [0.25, 0.3) is 0 Å². The van der Waals surface area contributed by atoms with Crippen LogP contribution in [0.2, 0.25) is 0 Å². The Kier molecular flexibility index (Phi) is 5.48. The maximum Gasteiger partial charge on any atom is 0.281 e. The summed E-state index contributed by atoms with van der Waals surface area (Å²) in [7, 11) is 0. The molecule has 0 aromatic rings. The Labute approximate surface area is 65.8 Å². The van der Waals surface area contributed by atoms with Gasteiger partial charge in [0, 0.05) is 5.75 Å². The third-order valence-corrected chi connectivity index (χ3v) is 2.49.